The summed E-state index contributed by atoms with van der Waals surface area (Å²) in [6.45, 7) is -1.52. The van der Waals surface area contributed by atoms with E-state index in [0.29, 0.717) is 4.90 Å². The smallest absolute Gasteiger partial charge is 0.384 e. The zero-order valence-electron chi connectivity index (χ0n) is 9.64. The Balaban J connectivity index is 3.11. The molecule has 0 aliphatic heterocycles. The van der Waals surface area contributed by atoms with Gasteiger partial charge in [0.25, 0.3) is 11.6 Å². The van der Waals surface area contributed by atoms with E-state index >= 15 is 0 Å². The number of anilines is 1. The van der Waals surface area contributed by atoms with Gasteiger partial charge >= 0.3 is 6.18 Å². The van der Waals surface area contributed by atoms with Gasteiger partial charge in [-0.25, -0.2) is 4.98 Å². The minimum atomic E-state index is -4.60. The maximum absolute atomic E-state index is 12.2. The van der Waals surface area contributed by atoms with E-state index in [-0.39, 0.29) is 5.82 Å². The number of nitrogens with two attached hydrogens (primary N) is 1. The monoisotopic (exact) mass is 278 g/mol. The Bertz CT molecular complexity index is 518. The van der Waals surface area contributed by atoms with Crippen LogP contribution in [-0.2, 0) is 0 Å². The van der Waals surface area contributed by atoms with Crippen molar-refractivity contribution < 1.29 is 22.9 Å². The Morgan fingerprint density at radius 3 is 2.63 bits per heavy atom. The molecular weight excluding hydrogens is 269 g/mol. The first-order valence-electron chi connectivity index (χ1n) is 4.84. The number of amides is 1. The highest BCUT2D eigenvalue weighted by molar-refractivity contribution is 5.98. The van der Waals surface area contributed by atoms with Crippen LogP contribution in [0.4, 0.5) is 24.7 Å². The number of hydrogen-bond acceptors (Lipinski definition) is 5. The number of hydrogen-bond donors (Lipinski definition) is 1. The Morgan fingerprint density at radius 2 is 2.16 bits per heavy atom. The Kier molecular flexibility index (Phi) is 3.92. The molecule has 0 saturated carbocycles. The minimum Gasteiger partial charge on any atom is -0.384 e. The summed E-state index contributed by atoms with van der Waals surface area (Å²) in [6, 6.07) is 0.868. The van der Waals surface area contributed by atoms with E-state index in [2.05, 4.69) is 4.98 Å². The van der Waals surface area contributed by atoms with Crippen molar-refractivity contribution in [3.63, 3.8) is 0 Å². The fourth-order valence-corrected chi connectivity index (χ4v) is 1.33. The molecule has 1 amide bonds. The van der Waals surface area contributed by atoms with Crippen molar-refractivity contribution in [3.8, 4) is 0 Å². The van der Waals surface area contributed by atoms with Crippen molar-refractivity contribution >= 4 is 17.4 Å². The van der Waals surface area contributed by atoms with Crippen molar-refractivity contribution in [1.82, 2.24) is 9.88 Å². The number of carbonyl (C=O) groups excluding carboxylic acids is 1. The second kappa shape index (κ2) is 5.08. The lowest BCUT2D eigenvalue weighted by molar-refractivity contribution is -0.385. The first kappa shape index (κ1) is 14.7. The Hall–Kier alpha value is -2.39. The molecule has 0 aliphatic rings. The number of alkyl halides is 3. The molecule has 0 unspecified atom stereocenters. The predicted molar refractivity (Wildman–Crippen MR) is 58.3 cm³/mol. The molecule has 1 aromatic heterocycles. The average Bonchev–Trinajstić information content (AvgIpc) is 2.25. The quantitative estimate of drug-likeness (QED) is 0.661. The van der Waals surface area contributed by atoms with Gasteiger partial charge in [0.2, 0.25) is 0 Å². The molecule has 104 valence electrons. The first-order chi connectivity index (χ1) is 8.61. The number of nitrogens with zero attached hydrogens (tertiary/aromatic N) is 3. The van der Waals surface area contributed by atoms with Gasteiger partial charge in [0.15, 0.2) is 0 Å². The van der Waals surface area contributed by atoms with Gasteiger partial charge < -0.3 is 10.6 Å². The fourth-order valence-electron chi connectivity index (χ4n) is 1.33. The summed E-state index contributed by atoms with van der Waals surface area (Å²) in [7, 11) is 0.885. The number of aromatic nitrogens is 1. The molecule has 19 heavy (non-hydrogen) atoms. The van der Waals surface area contributed by atoms with Crippen LogP contribution in [0.25, 0.3) is 0 Å². The Labute approximate surface area is 105 Å². The maximum Gasteiger partial charge on any atom is 0.406 e. The van der Waals surface area contributed by atoms with Crippen LogP contribution in [-0.4, -0.2) is 40.5 Å². The zero-order valence-corrected chi connectivity index (χ0v) is 9.64. The second-order valence-corrected chi connectivity index (χ2v) is 3.66. The van der Waals surface area contributed by atoms with Crippen LogP contribution in [0, 0.1) is 10.1 Å². The van der Waals surface area contributed by atoms with E-state index in [1.807, 2.05) is 0 Å². The number of nitro groups is 1. The molecule has 1 rings (SSSR count). The molecule has 0 saturated heterocycles. The fraction of sp³-hybridized carbons (Fsp3) is 0.333. The molecule has 2 N–H and O–H groups in total. The number of pyridine rings is 1. The summed E-state index contributed by atoms with van der Waals surface area (Å²) in [6.07, 6.45) is -3.87. The summed E-state index contributed by atoms with van der Waals surface area (Å²) in [5.74, 6) is -1.35. The lowest BCUT2D eigenvalue weighted by Gasteiger charge is -2.18. The molecule has 0 radical (unpaired) electrons. The summed E-state index contributed by atoms with van der Waals surface area (Å²) >= 11 is 0. The lowest BCUT2D eigenvalue weighted by Crippen LogP contribution is -2.36. The standard InChI is InChI=1S/C9H9F3N4O3/c1-15(4-9(10,11)12)8(17)5-2-7(13)14-3-6(5)16(18)19/h2-3H,4H2,1H3,(H2,13,14). The largest absolute Gasteiger partial charge is 0.406 e. The highest BCUT2D eigenvalue weighted by Gasteiger charge is 2.33. The molecular formula is C9H9F3N4O3. The first-order valence-corrected chi connectivity index (χ1v) is 4.84. The third kappa shape index (κ3) is 3.79. The minimum absolute atomic E-state index is 0.200. The van der Waals surface area contributed by atoms with E-state index in [4.69, 9.17) is 5.73 Å². The van der Waals surface area contributed by atoms with Crippen LogP contribution in [0.2, 0.25) is 0 Å². The van der Waals surface area contributed by atoms with Crippen LogP contribution in [0.15, 0.2) is 12.3 Å². The number of nitrogen functional groups attached to an aromatic ring is 1. The van der Waals surface area contributed by atoms with Crippen LogP contribution in [0.1, 0.15) is 10.4 Å². The van der Waals surface area contributed by atoms with E-state index in [1.165, 1.54) is 0 Å². The number of rotatable bonds is 3. The molecule has 0 bridgehead atoms. The molecule has 1 aromatic rings. The third-order valence-corrected chi connectivity index (χ3v) is 2.09. The molecule has 0 aromatic carbocycles. The SMILES string of the molecule is CN(CC(F)(F)F)C(=O)c1cc(N)ncc1[N+](=O)[O-]. The van der Waals surface area contributed by atoms with Gasteiger partial charge in [0, 0.05) is 7.05 Å². The molecule has 7 nitrogen and oxygen atoms in total. The van der Waals surface area contributed by atoms with Gasteiger partial charge in [-0.1, -0.05) is 0 Å². The van der Waals surface area contributed by atoms with Crippen molar-refractivity contribution in [2.45, 2.75) is 6.18 Å². The highest BCUT2D eigenvalue weighted by atomic mass is 19.4. The summed E-state index contributed by atoms with van der Waals surface area (Å²) in [5, 5.41) is 10.7. The van der Waals surface area contributed by atoms with E-state index < -0.39 is 34.8 Å². The van der Waals surface area contributed by atoms with Gasteiger partial charge in [0.1, 0.15) is 24.1 Å². The highest BCUT2D eigenvalue weighted by Crippen LogP contribution is 2.22. The van der Waals surface area contributed by atoms with Crippen LogP contribution >= 0.6 is 0 Å². The molecule has 0 spiro atoms. The molecule has 0 fully saturated rings. The lowest BCUT2D eigenvalue weighted by atomic mass is 10.2. The summed E-state index contributed by atoms with van der Waals surface area (Å²) in [4.78, 5) is 25.2. The molecule has 1 heterocycles. The van der Waals surface area contributed by atoms with Gasteiger partial charge in [0.05, 0.1) is 4.92 Å². The number of halogens is 3. The third-order valence-electron chi connectivity index (χ3n) is 2.09. The van der Waals surface area contributed by atoms with Crippen molar-refractivity contribution in [2.75, 3.05) is 19.3 Å². The number of carbonyl (C=O) groups is 1. The van der Waals surface area contributed by atoms with Gasteiger partial charge in [-0.2, -0.15) is 13.2 Å². The normalized spacial score (nSPS) is 11.2. The summed E-state index contributed by atoms with van der Waals surface area (Å²) < 4.78 is 36.5. The van der Waals surface area contributed by atoms with Crippen LogP contribution in [0.3, 0.4) is 0 Å². The van der Waals surface area contributed by atoms with E-state index in [1.54, 1.807) is 0 Å². The van der Waals surface area contributed by atoms with Crippen LogP contribution < -0.4 is 5.73 Å². The van der Waals surface area contributed by atoms with Crippen LogP contribution in [0.5, 0.6) is 0 Å². The predicted octanol–water partition coefficient (Wildman–Crippen LogP) is 1.21. The van der Waals surface area contributed by atoms with Crippen molar-refractivity contribution in [3.05, 3.63) is 27.9 Å². The van der Waals surface area contributed by atoms with E-state index in [9.17, 15) is 28.1 Å². The topological polar surface area (TPSA) is 102 Å². The zero-order chi connectivity index (χ0) is 14.8. The van der Waals surface area contributed by atoms with E-state index in [0.717, 1.165) is 19.3 Å². The maximum atomic E-state index is 12.2. The Morgan fingerprint density at radius 1 is 1.58 bits per heavy atom. The van der Waals surface area contributed by atoms with Crippen molar-refractivity contribution in [2.24, 2.45) is 0 Å². The van der Waals surface area contributed by atoms with Gasteiger partial charge in [-0.15, -0.1) is 0 Å². The second-order valence-electron chi connectivity index (χ2n) is 3.66. The molecule has 0 aliphatic carbocycles. The molecule has 0 atom stereocenters. The summed E-state index contributed by atoms with van der Waals surface area (Å²) in [5.41, 5.74) is 4.03. The molecule has 10 heteroatoms. The van der Waals surface area contributed by atoms with Crippen molar-refractivity contribution in [1.29, 1.82) is 0 Å². The van der Waals surface area contributed by atoms with Gasteiger partial charge in [-0.05, 0) is 6.07 Å². The van der Waals surface area contributed by atoms with Gasteiger partial charge in [-0.3, -0.25) is 14.9 Å². The average molecular weight is 278 g/mol.